The predicted molar refractivity (Wildman–Crippen MR) is 73.3 cm³/mol. The van der Waals surface area contributed by atoms with Crippen LogP contribution in [0, 0.1) is 5.92 Å². The van der Waals surface area contributed by atoms with Crippen LogP contribution in [0.4, 0.5) is 0 Å². The molecule has 0 saturated heterocycles. The number of hydrogen-bond donors (Lipinski definition) is 3. The van der Waals surface area contributed by atoms with Crippen LogP contribution in [0.2, 0.25) is 0 Å². The van der Waals surface area contributed by atoms with Crippen molar-refractivity contribution >= 4 is 5.91 Å². The minimum Gasteiger partial charge on any atom is -0.389 e. The third-order valence-corrected chi connectivity index (χ3v) is 3.63. The van der Waals surface area contributed by atoms with Crippen LogP contribution in [-0.2, 0) is 4.79 Å². The van der Waals surface area contributed by atoms with Gasteiger partial charge in [0.05, 0.1) is 12.1 Å². The van der Waals surface area contributed by atoms with Gasteiger partial charge in [-0.25, -0.2) is 0 Å². The first kappa shape index (κ1) is 15.4. The van der Waals surface area contributed by atoms with Gasteiger partial charge in [0.1, 0.15) is 0 Å². The average Bonchev–Trinajstić information content (AvgIpc) is 2.67. The lowest BCUT2D eigenvalue weighted by molar-refractivity contribution is -0.121. The van der Waals surface area contributed by atoms with Gasteiger partial charge in [0, 0.05) is 12.1 Å². The van der Waals surface area contributed by atoms with E-state index in [1.54, 1.807) is 13.8 Å². The number of nitrogens with one attached hydrogen (secondary N) is 2. The zero-order valence-electron chi connectivity index (χ0n) is 12.1. The molecule has 4 heteroatoms. The Balaban J connectivity index is 2.35. The van der Waals surface area contributed by atoms with Crippen molar-refractivity contribution in [2.45, 2.75) is 71.1 Å². The van der Waals surface area contributed by atoms with Crippen LogP contribution in [0.15, 0.2) is 0 Å². The van der Waals surface area contributed by atoms with E-state index in [1.165, 1.54) is 12.8 Å². The molecule has 0 unspecified atom stereocenters. The summed E-state index contributed by atoms with van der Waals surface area (Å²) in [7, 11) is 0. The highest BCUT2D eigenvalue weighted by molar-refractivity contribution is 5.78. The number of rotatable bonds is 6. The van der Waals surface area contributed by atoms with Gasteiger partial charge in [0.2, 0.25) is 5.91 Å². The van der Waals surface area contributed by atoms with Gasteiger partial charge in [-0.05, 0) is 32.6 Å². The lowest BCUT2D eigenvalue weighted by Crippen LogP contribution is -2.53. The van der Waals surface area contributed by atoms with Gasteiger partial charge < -0.3 is 15.7 Å². The van der Waals surface area contributed by atoms with Crippen molar-refractivity contribution in [2.24, 2.45) is 5.92 Å². The van der Waals surface area contributed by atoms with Crippen LogP contribution in [0.1, 0.15) is 53.4 Å². The molecular formula is C14H28N2O2. The van der Waals surface area contributed by atoms with E-state index in [2.05, 4.69) is 10.6 Å². The molecule has 1 atom stereocenters. The van der Waals surface area contributed by atoms with Gasteiger partial charge in [-0.2, -0.15) is 0 Å². The molecule has 0 aliphatic heterocycles. The molecule has 0 radical (unpaired) electrons. The molecule has 1 amide bonds. The molecule has 1 aliphatic carbocycles. The molecule has 0 spiro atoms. The summed E-state index contributed by atoms with van der Waals surface area (Å²) in [5.74, 6) is 0.320. The molecule has 18 heavy (non-hydrogen) atoms. The predicted octanol–water partition coefficient (Wildman–Crippen LogP) is 1.43. The van der Waals surface area contributed by atoms with E-state index in [-0.39, 0.29) is 24.4 Å². The first-order valence-corrected chi connectivity index (χ1v) is 7.06. The molecule has 0 bridgehead atoms. The van der Waals surface area contributed by atoms with Crippen molar-refractivity contribution in [3.8, 4) is 0 Å². The smallest absolute Gasteiger partial charge is 0.234 e. The molecule has 0 aromatic rings. The normalized spacial score (nSPS) is 19.2. The van der Waals surface area contributed by atoms with Crippen molar-refractivity contribution in [2.75, 3.05) is 6.54 Å². The van der Waals surface area contributed by atoms with Gasteiger partial charge in [-0.1, -0.05) is 26.7 Å². The van der Waals surface area contributed by atoms with Crippen LogP contribution < -0.4 is 10.6 Å². The average molecular weight is 256 g/mol. The summed E-state index contributed by atoms with van der Waals surface area (Å²) < 4.78 is 0. The molecular weight excluding hydrogens is 228 g/mol. The molecule has 4 nitrogen and oxygen atoms in total. The number of carbonyl (C=O) groups is 1. The second-order valence-electron chi connectivity index (χ2n) is 6.31. The van der Waals surface area contributed by atoms with Gasteiger partial charge in [0.25, 0.3) is 0 Å². The molecule has 0 aromatic heterocycles. The van der Waals surface area contributed by atoms with E-state index in [9.17, 15) is 9.90 Å². The van der Waals surface area contributed by atoms with Gasteiger partial charge >= 0.3 is 0 Å². The second kappa shape index (κ2) is 6.53. The van der Waals surface area contributed by atoms with Gasteiger partial charge in [-0.15, -0.1) is 0 Å². The Bertz CT molecular complexity index is 265. The largest absolute Gasteiger partial charge is 0.389 e. The fraction of sp³-hybridized carbons (Fsp3) is 0.929. The topological polar surface area (TPSA) is 61.4 Å². The minimum atomic E-state index is -0.818. The van der Waals surface area contributed by atoms with Crippen molar-refractivity contribution < 1.29 is 9.90 Å². The van der Waals surface area contributed by atoms with Crippen LogP contribution in [0.3, 0.4) is 0 Å². The summed E-state index contributed by atoms with van der Waals surface area (Å²) in [6, 6.07) is 0.283. The Morgan fingerprint density at radius 2 is 1.89 bits per heavy atom. The van der Waals surface area contributed by atoms with Crippen LogP contribution >= 0.6 is 0 Å². The lowest BCUT2D eigenvalue weighted by atomic mass is 9.89. The molecule has 106 valence electrons. The Hall–Kier alpha value is -0.610. The molecule has 0 aromatic carbocycles. The Morgan fingerprint density at radius 1 is 1.33 bits per heavy atom. The second-order valence-corrected chi connectivity index (χ2v) is 6.31. The first-order chi connectivity index (χ1) is 8.30. The van der Waals surface area contributed by atoms with Crippen LogP contribution in [-0.4, -0.2) is 35.2 Å². The third kappa shape index (κ3) is 4.94. The molecule has 0 heterocycles. The van der Waals surface area contributed by atoms with E-state index >= 15 is 0 Å². The van der Waals surface area contributed by atoms with Crippen molar-refractivity contribution in [1.29, 1.82) is 0 Å². The zero-order chi connectivity index (χ0) is 13.8. The molecule has 3 N–H and O–H groups in total. The fourth-order valence-corrected chi connectivity index (χ4v) is 2.85. The van der Waals surface area contributed by atoms with Gasteiger partial charge in [0.15, 0.2) is 0 Å². The highest BCUT2D eigenvalue weighted by atomic mass is 16.3. The molecule has 1 saturated carbocycles. The minimum absolute atomic E-state index is 0.0387. The first-order valence-electron chi connectivity index (χ1n) is 7.06. The highest BCUT2D eigenvalue weighted by Crippen LogP contribution is 2.18. The summed E-state index contributed by atoms with van der Waals surface area (Å²) in [6.45, 7) is 7.93. The summed E-state index contributed by atoms with van der Waals surface area (Å²) in [5, 5.41) is 16.3. The van der Waals surface area contributed by atoms with Crippen molar-refractivity contribution in [3.05, 3.63) is 0 Å². The Kier molecular flexibility index (Phi) is 5.60. The van der Waals surface area contributed by atoms with E-state index in [4.69, 9.17) is 0 Å². The number of carbonyl (C=O) groups excluding carboxylic acids is 1. The summed E-state index contributed by atoms with van der Waals surface area (Å²) in [6.07, 6.45) is 4.64. The highest BCUT2D eigenvalue weighted by Gasteiger charge is 2.29. The number of aliphatic hydroxyl groups is 1. The van der Waals surface area contributed by atoms with Gasteiger partial charge in [-0.3, -0.25) is 4.79 Å². The Morgan fingerprint density at radius 3 is 2.33 bits per heavy atom. The number of hydrogen-bond acceptors (Lipinski definition) is 3. The van der Waals surface area contributed by atoms with Crippen LogP contribution in [0.25, 0.3) is 0 Å². The van der Waals surface area contributed by atoms with Crippen molar-refractivity contribution in [1.82, 2.24) is 10.6 Å². The summed E-state index contributed by atoms with van der Waals surface area (Å²) in [4.78, 5) is 11.8. The summed E-state index contributed by atoms with van der Waals surface area (Å²) in [5.41, 5.74) is -0.818. The summed E-state index contributed by atoms with van der Waals surface area (Å²) >= 11 is 0. The third-order valence-electron chi connectivity index (χ3n) is 3.63. The van der Waals surface area contributed by atoms with E-state index in [1.807, 2.05) is 13.8 Å². The Labute approximate surface area is 111 Å². The zero-order valence-corrected chi connectivity index (χ0v) is 12.1. The standard InChI is InChI=1S/C14H28N2O2/c1-10(2)13(14(3,4)18)15-9-12(17)16-11-7-5-6-8-11/h10-11,13,15,18H,5-9H2,1-4H3,(H,16,17)/t13-/m0/s1. The maximum absolute atomic E-state index is 11.8. The molecule has 1 fully saturated rings. The molecule has 1 aliphatic rings. The maximum Gasteiger partial charge on any atom is 0.234 e. The number of amides is 1. The lowest BCUT2D eigenvalue weighted by Gasteiger charge is -2.33. The fourth-order valence-electron chi connectivity index (χ4n) is 2.85. The maximum atomic E-state index is 11.8. The van der Waals surface area contributed by atoms with E-state index in [0.29, 0.717) is 6.04 Å². The van der Waals surface area contributed by atoms with E-state index < -0.39 is 5.60 Å². The molecule has 1 rings (SSSR count). The van der Waals surface area contributed by atoms with Crippen LogP contribution in [0.5, 0.6) is 0 Å². The van der Waals surface area contributed by atoms with Crippen molar-refractivity contribution in [3.63, 3.8) is 0 Å². The van der Waals surface area contributed by atoms with E-state index in [0.717, 1.165) is 12.8 Å². The monoisotopic (exact) mass is 256 g/mol. The quantitative estimate of drug-likeness (QED) is 0.674. The SMILES string of the molecule is CC(C)[C@H](NCC(=O)NC1CCCC1)C(C)(C)O.